The van der Waals surface area contributed by atoms with Gasteiger partial charge in [0.15, 0.2) is 5.82 Å². The van der Waals surface area contributed by atoms with Crippen LogP contribution < -0.4 is 5.32 Å². The summed E-state index contributed by atoms with van der Waals surface area (Å²) in [5, 5.41) is 26.7. The summed E-state index contributed by atoms with van der Waals surface area (Å²) in [5.41, 5.74) is 1.29. The molecule has 0 amide bonds. The molecular weight excluding hydrogens is 368 g/mol. The Hall–Kier alpha value is -3.59. The number of hydrogen-bond acceptors (Lipinski definition) is 7. The van der Waals surface area contributed by atoms with Crippen molar-refractivity contribution in [2.45, 2.75) is 25.6 Å². The van der Waals surface area contributed by atoms with Gasteiger partial charge in [-0.25, -0.2) is 14.6 Å². The molecule has 1 unspecified atom stereocenters. The highest BCUT2D eigenvalue weighted by Crippen LogP contribution is 2.26. The monoisotopic (exact) mass is 390 g/mol. The number of imidazole rings is 1. The van der Waals surface area contributed by atoms with Crippen molar-refractivity contribution in [1.29, 1.82) is 0 Å². The topological polar surface area (TPSA) is 107 Å². The number of nitrogens with zero attached hydrogens (tertiary/aromatic N) is 7. The third-order valence-electron chi connectivity index (χ3n) is 4.64. The molecule has 0 saturated heterocycles. The molecule has 4 aromatic rings. The van der Waals surface area contributed by atoms with Crippen LogP contribution in [0, 0.1) is 0 Å². The fourth-order valence-electron chi connectivity index (χ4n) is 3.23. The average Bonchev–Trinajstić information content (AvgIpc) is 3.41. The van der Waals surface area contributed by atoms with E-state index in [9.17, 15) is 5.11 Å². The average molecular weight is 390 g/mol. The quantitative estimate of drug-likeness (QED) is 0.333. The molecule has 0 spiro atoms. The molecule has 2 N–H and O–H groups in total. The van der Waals surface area contributed by atoms with Crippen LogP contribution in [0.2, 0.25) is 0 Å². The van der Waals surface area contributed by atoms with Gasteiger partial charge in [0.25, 0.3) is 0 Å². The third kappa shape index (κ3) is 4.14. The smallest absolute Gasteiger partial charge is 0.174 e. The van der Waals surface area contributed by atoms with Crippen molar-refractivity contribution in [3.63, 3.8) is 0 Å². The summed E-state index contributed by atoms with van der Waals surface area (Å²) in [5.74, 6) is 0.795. The molecule has 4 rings (SSSR count). The fraction of sp³-hybridized carbons (Fsp3) is 0.250. The second-order valence-corrected chi connectivity index (χ2v) is 6.63. The number of aryl methyl sites for hydroxylation is 1. The second-order valence-electron chi connectivity index (χ2n) is 6.63. The van der Waals surface area contributed by atoms with E-state index in [1.54, 1.807) is 35.4 Å². The van der Waals surface area contributed by atoms with E-state index in [0.29, 0.717) is 17.9 Å². The molecule has 29 heavy (non-hydrogen) atoms. The summed E-state index contributed by atoms with van der Waals surface area (Å²) in [6, 6.07) is 8.91. The first-order chi connectivity index (χ1) is 14.3. The molecule has 1 aromatic carbocycles. The SMILES string of the molecule is C=CCn1nnnc1C(NCCCn1ccnc1)c1ccc2cccc(O)c2n1. The van der Waals surface area contributed by atoms with E-state index < -0.39 is 0 Å². The van der Waals surface area contributed by atoms with Gasteiger partial charge >= 0.3 is 0 Å². The summed E-state index contributed by atoms with van der Waals surface area (Å²) in [4.78, 5) is 8.76. The molecule has 148 valence electrons. The molecule has 9 nitrogen and oxygen atoms in total. The minimum absolute atomic E-state index is 0.147. The molecule has 9 heteroatoms. The number of benzene rings is 1. The van der Waals surface area contributed by atoms with Crippen LogP contribution in [0.3, 0.4) is 0 Å². The first kappa shape index (κ1) is 18.8. The lowest BCUT2D eigenvalue weighted by atomic mass is 10.1. The zero-order valence-electron chi connectivity index (χ0n) is 15.9. The maximum Gasteiger partial charge on any atom is 0.174 e. The van der Waals surface area contributed by atoms with E-state index in [4.69, 9.17) is 4.98 Å². The van der Waals surface area contributed by atoms with Crippen molar-refractivity contribution < 1.29 is 5.11 Å². The van der Waals surface area contributed by atoms with Crippen molar-refractivity contribution >= 4 is 10.9 Å². The Morgan fingerprint density at radius 3 is 3.00 bits per heavy atom. The fourth-order valence-corrected chi connectivity index (χ4v) is 3.23. The number of fused-ring (bicyclic) bond motifs is 1. The minimum Gasteiger partial charge on any atom is -0.506 e. The van der Waals surface area contributed by atoms with Gasteiger partial charge in [0.05, 0.1) is 18.6 Å². The van der Waals surface area contributed by atoms with E-state index in [0.717, 1.165) is 30.6 Å². The Labute approximate surface area is 167 Å². The van der Waals surface area contributed by atoms with Crippen LogP contribution in [0.25, 0.3) is 10.9 Å². The van der Waals surface area contributed by atoms with Crippen LogP contribution in [-0.2, 0) is 13.1 Å². The number of phenolic OH excluding ortho intramolecular Hbond substituents is 1. The van der Waals surface area contributed by atoms with Gasteiger partial charge in [0.2, 0.25) is 0 Å². The minimum atomic E-state index is -0.322. The molecule has 0 bridgehead atoms. The normalized spacial score (nSPS) is 12.3. The zero-order chi connectivity index (χ0) is 20.1. The molecule has 0 saturated carbocycles. The van der Waals surface area contributed by atoms with Crippen molar-refractivity contribution in [3.8, 4) is 5.75 Å². The van der Waals surface area contributed by atoms with Crippen molar-refractivity contribution in [1.82, 2.24) is 40.1 Å². The second kappa shape index (κ2) is 8.61. The van der Waals surface area contributed by atoms with Crippen molar-refractivity contribution in [3.05, 3.63) is 73.2 Å². The summed E-state index contributed by atoms with van der Waals surface area (Å²) in [6.45, 7) is 5.84. The van der Waals surface area contributed by atoms with Crippen LogP contribution >= 0.6 is 0 Å². The number of pyridine rings is 1. The number of phenols is 1. The molecule has 0 aliphatic rings. The summed E-state index contributed by atoms with van der Waals surface area (Å²) < 4.78 is 3.72. The van der Waals surface area contributed by atoms with Crippen LogP contribution in [0.5, 0.6) is 5.75 Å². The Balaban J connectivity index is 1.61. The van der Waals surface area contributed by atoms with Crippen molar-refractivity contribution in [2.75, 3.05) is 6.54 Å². The molecule has 3 heterocycles. The number of allylic oxidation sites excluding steroid dienone is 1. The Morgan fingerprint density at radius 1 is 1.24 bits per heavy atom. The standard InChI is InChI=1S/C20H22N8O/c1-2-11-28-20(24-25-26-28)19(22-9-4-12-27-13-10-21-14-27)16-8-7-15-5-3-6-17(29)18(15)23-16/h2-3,5-8,10,13-14,19,22,29H,1,4,9,11-12H2. The van der Waals surface area contributed by atoms with Crippen LogP contribution in [-0.4, -0.2) is 46.4 Å². The highest BCUT2D eigenvalue weighted by molar-refractivity contribution is 5.84. The van der Waals surface area contributed by atoms with Crippen LogP contribution in [0.15, 0.2) is 61.7 Å². The van der Waals surface area contributed by atoms with Gasteiger partial charge in [0.1, 0.15) is 17.3 Å². The number of nitrogens with one attached hydrogen (secondary N) is 1. The summed E-state index contributed by atoms with van der Waals surface area (Å²) in [6.07, 6.45) is 8.15. The lowest BCUT2D eigenvalue weighted by Crippen LogP contribution is -2.28. The molecule has 0 fully saturated rings. The number of tetrazole rings is 1. The molecule has 0 aliphatic carbocycles. The first-order valence-electron chi connectivity index (χ1n) is 9.41. The highest BCUT2D eigenvalue weighted by atomic mass is 16.3. The Bertz CT molecular complexity index is 1090. The maximum absolute atomic E-state index is 10.2. The lowest BCUT2D eigenvalue weighted by molar-refractivity contribution is 0.478. The Kier molecular flexibility index (Phi) is 5.57. The van der Waals surface area contributed by atoms with Gasteiger partial charge in [0, 0.05) is 24.3 Å². The number of para-hydroxylation sites is 1. The third-order valence-corrected chi connectivity index (χ3v) is 4.64. The molecule has 0 radical (unpaired) electrons. The van der Waals surface area contributed by atoms with E-state index in [-0.39, 0.29) is 11.8 Å². The Morgan fingerprint density at radius 2 is 2.17 bits per heavy atom. The lowest BCUT2D eigenvalue weighted by Gasteiger charge is -2.18. The van der Waals surface area contributed by atoms with Gasteiger partial charge in [-0.15, -0.1) is 11.7 Å². The summed E-state index contributed by atoms with van der Waals surface area (Å²) >= 11 is 0. The molecule has 1 atom stereocenters. The van der Waals surface area contributed by atoms with Gasteiger partial charge in [-0.2, -0.15) is 0 Å². The van der Waals surface area contributed by atoms with Crippen molar-refractivity contribution in [2.24, 2.45) is 0 Å². The zero-order valence-corrected chi connectivity index (χ0v) is 15.9. The first-order valence-corrected chi connectivity index (χ1v) is 9.41. The van der Waals surface area contributed by atoms with Crippen LogP contribution in [0.1, 0.15) is 24.0 Å². The predicted molar refractivity (Wildman–Crippen MR) is 108 cm³/mol. The number of aromatic nitrogens is 7. The predicted octanol–water partition coefficient (Wildman–Crippen LogP) is 2.08. The molecule has 0 aliphatic heterocycles. The summed E-state index contributed by atoms with van der Waals surface area (Å²) in [7, 11) is 0. The highest BCUT2D eigenvalue weighted by Gasteiger charge is 2.22. The van der Waals surface area contributed by atoms with Crippen LogP contribution in [0.4, 0.5) is 0 Å². The largest absolute Gasteiger partial charge is 0.506 e. The molecule has 3 aromatic heterocycles. The van der Waals surface area contributed by atoms with Gasteiger partial charge < -0.3 is 15.0 Å². The number of aromatic hydroxyl groups is 1. The number of hydrogen-bond donors (Lipinski definition) is 2. The number of rotatable bonds is 9. The van der Waals surface area contributed by atoms with E-state index in [2.05, 4.69) is 32.4 Å². The molecular formula is C20H22N8O. The van der Waals surface area contributed by atoms with E-state index in [1.165, 1.54) is 0 Å². The van der Waals surface area contributed by atoms with Gasteiger partial charge in [-0.1, -0.05) is 24.3 Å². The van der Waals surface area contributed by atoms with E-state index in [1.807, 2.05) is 29.0 Å². The van der Waals surface area contributed by atoms with Gasteiger partial charge in [-0.05, 0) is 35.5 Å². The maximum atomic E-state index is 10.2. The van der Waals surface area contributed by atoms with E-state index >= 15 is 0 Å². The van der Waals surface area contributed by atoms with Gasteiger partial charge in [-0.3, -0.25) is 0 Å².